The average Bonchev–Trinajstić information content (AvgIpc) is 3.06. The number of hydrogen-bond acceptors (Lipinski definition) is 5. The molecule has 0 bridgehead atoms. The van der Waals surface area contributed by atoms with E-state index in [1.54, 1.807) is 36.4 Å². The van der Waals surface area contributed by atoms with E-state index in [1.165, 1.54) is 23.1 Å². The number of carbonyl (C=O) groups excluding carboxylic acids is 1. The highest BCUT2D eigenvalue weighted by atomic mass is 32.2. The molecule has 8 heteroatoms. The first-order valence-electron chi connectivity index (χ1n) is 7.07. The highest BCUT2D eigenvalue weighted by molar-refractivity contribution is 7.90. The summed E-state index contributed by atoms with van der Waals surface area (Å²) in [6, 6.07) is 15.2. The molecule has 2 aromatic carbocycles. The molecule has 0 aliphatic carbocycles. The van der Waals surface area contributed by atoms with Crippen molar-refractivity contribution in [3.05, 3.63) is 72.1 Å². The molecule has 0 aliphatic heterocycles. The quantitative estimate of drug-likeness (QED) is 0.779. The Morgan fingerprint density at radius 3 is 2.38 bits per heavy atom. The Balaban J connectivity index is 1.80. The van der Waals surface area contributed by atoms with Crippen molar-refractivity contribution >= 4 is 15.9 Å². The number of rotatable bonds is 4. The van der Waals surface area contributed by atoms with Crippen LogP contribution in [0.1, 0.15) is 16.1 Å². The molecule has 0 saturated carbocycles. The number of sulfonamides is 1. The van der Waals surface area contributed by atoms with E-state index in [2.05, 4.69) is 10.2 Å². The molecule has 0 atom stereocenters. The SMILES string of the molecule is Cc1ccc(S(=O)(=O)NC(=O)c2cnn(-c3ccccc3)n2)cc1. The van der Waals surface area contributed by atoms with Crippen LogP contribution >= 0.6 is 0 Å². The van der Waals surface area contributed by atoms with Crippen molar-refractivity contribution in [1.82, 2.24) is 19.7 Å². The number of amides is 1. The Kier molecular flexibility index (Phi) is 4.13. The van der Waals surface area contributed by atoms with E-state index in [0.29, 0.717) is 5.69 Å². The normalized spacial score (nSPS) is 11.2. The largest absolute Gasteiger partial charge is 0.287 e. The van der Waals surface area contributed by atoms with Crippen LogP contribution in [-0.2, 0) is 10.0 Å². The van der Waals surface area contributed by atoms with E-state index in [9.17, 15) is 13.2 Å². The lowest BCUT2D eigenvalue weighted by molar-refractivity contribution is 0.0976. The van der Waals surface area contributed by atoms with Crippen molar-refractivity contribution in [3.63, 3.8) is 0 Å². The molecular formula is C16H14N4O3S. The summed E-state index contributed by atoms with van der Waals surface area (Å²) < 4.78 is 26.4. The van der Waals surface area contributed by atoms with Crippen molar-refractivity contribution in [2.75, 3.05) is 0 Å². The molecule has 7 nitrogen and oxygen atoms in total. The third-order valence-corrected chi connectivity index (χ3v) is 4.62. The second-order valence-corrected chi connectivity index (χ2v) is 6.78. The summed E-state index contributed by atoms with van der Waals surface area (Å²) in [5, 5.41) is 7.97. The predicted octanol–water partition coefficient (Wildman–Crippen LogP) is 1.69. The molecule has 0 aliphatic rings. The molecule has 0 fully saturated rings. The molecule has 1 amide bonds. The van der Waals surface area contributed by atoms with Crippen LogP contribution < -0.4 is 4.72 Å². The lowest BCUT2D eigenvalue weighted by atomic mass is 10.2. The summed E-state index contributed by atoms with van der Waals surface area (Å²) in [5.41, 5.74) is 1.50. The van der Waals surface area contributed by atoms with Gasteiger partial charge in [-0.1, -0.05) is 35.9 Å². The summed E-state index contributed by atoms with van der Waals surface area (Å²) in [5.74, 6) is -0.835. The Bertz CT molecular complexity index is 964. The van der Waals surface area contributed by atoms with Gasteiger partial charge in [-0.2, -0.15) is 9.90 Å². The van der Waals surface area contributed by atoms with Gasteiger partial charge in [0.2, 0.25) is 0 Å². The number of aryl methyl sites for hydroxylation is 1. The van der Waals surface area contributed by atoms with Gasteiger partial charge < -0.3 is 0 Å². The van der Waals surface area contributed by atoms with E-state index >= 15 is 0 Å². The first kappa shape index (κ1) is 15.9. The summed E-state index contributed by atoms with van der Waals surface area (Å²) in [4.78, 5) is 13.4. The van der Waals surface area contributed by atoms with Gasteiger partial charge in [0.1, 0.15) is 0 Å². The molecule has 24 heavy (non-hydrogen) atoms. The number of nitrogens with one attached hydrogen (secondary N) is 1. The van der Waals surface area contributed by atoms with Crippen LogP contribution in [0.2, 0.25) is 0 Å². The van der Waals surface area contributed by atoms with Crippen molar-refractivity contribution < 1.29 is 13.2 Å². The Labute approximate surface area is 139 Å². The fourth-order valence-electron chi connectivity index (χ4n) is 2.00. The second-order valence-electron chi connectivity index (χ2n) is 5.10. The van der Waals surface area contributed by atoms with Crippen LogP contribution in [0.3, 0.4) is 0 Å². The molecule has 122 valence electrons. The third-order valence-electron chi connectivity index (χ3n) is 3.27. The van der Waals surface area contributed by atoms with E-state index in [4.69, 9.17) is 0 Å². The van der Waals surface area contributed by atoms with Crippen LogP contribution in [0.5, 0.6) is 0 Å². The minimum Gasteiger partial charge on any atom is -0.266 e. The molecule has 1 aromatic heterocycles. The molecule has 1 N–H and O–H groups in total. The summed E-state index contributed by atoms with van der Waals surface area (Å²) in [6.45, 7) is 1.84. The first-order chi connectivity index (χ1) is 11.5. The highest BCUT2D eigenvalue weighted by Gasteiger charge is 2.20. The fourth-order valence-corrected chi connectivity index (χ4v) is 2.96. The fraction of sp³-hybridized carbons (Fsp3) is 0.0625. The summed E-state index contributed by atoms with van der Waals surface area (Å²) in [7, 11) is -3.96. The van der Waals surface area contributed by atoms with Gasteiger partial charge in [-0.05, 0) is 31.2 Å². The van der Waals surface area contributed by atoms with Gasteiger partial charge in [0.15, 0.2) is 5.69 Å². The van der Waals surface area contributed by atoms with E-state index in [-0.39, 0.29) is 10.6 Å². The molecule has 1 heterocycles. The zero-order valence-corrected chi connectivity index (χ0v) is 13.6. The van der Waals surface area contributed by atoms with Gasteiger partial charge in [-0.25, -0.2) is 13.1 Å². The lowest BCUT2D eigenvalue weighted by Crippen LogP contribution is -2.31. The molecule has 3 aromatic rings. The number of carbonyl (C=O) groups is 1. The number of hydrogen-bond donors (Lipinski definition) is 1. The molecule has 0 saturated heterocycles. The minimum absolute atomic E-state index is 0.0110. The number of benzene rings is 2. The van der Waals surface area contributed by atoms with Gasteiger partial charge >= 0.3 is 0 Å². The second kappa shape index (κ2) is 6.25. The number of nitrogens with zero attached hydrogens (tertiary/aromatic N) is 3. The summed E-state index contributed by atoms with van der Waals surface area (Å²) >= 11 is 0. The first-order valence-corrected chi connectivity index (χ1v) is 8.56. The average molecular weight is 342 g/mol. The van der Waals surface area contributed by atoms with Gasteiger partial charge in [0, 0.05) is 0 Å². The van der Waals surface area contributed by atoms with Crippen molar-refractivity contribution in [1.29, 1.82) is 0 Å². The molecule has 0 spiro atoms. The lowest BCUT2D eigenvalue weighted by Gasteiger charge is -2.05. The van der Waals surface area contributed by atoms with Crippen molar-refractivity contribution in [2.24, 2.45) is 0 Å². The minimum atomic E-state index is -3.96. The smallest absolute Gasteiger partial charge is 0.266 e. The van der Waals surface area contributed by atoms with Crippen molar-refractivity contribution in [3.8, 4) is 5.69 Å². The monoisotopic (exact) mass is 342 g/mol. The van der Waals surface area contributed by atoms with Crippen LogP contribution in [-0.4, -0.2) is 29.3 Å². The third kappa shape index (κ3) is 3.33. The van der Waals surface area contributed by atoms with Crippen LogP contribution in [0.15, 0.2) is 65.7 Å². The van der Waals surface area contributed by atoms with E-state index in [0.717, 1.165) is 5.56 Å². The van der Waals surface area contributed by atoms with Crippen molar-refractivity contribution in [2.45, 2.75) is 11.8 Å². The van der Waals surface area contributed by atoms with Gasteiger partial charge in [0.25, 0.3) is 15.9 Å². The van der Waals surface area contributed by atoms with Crippen LogP contribution in [0.25, 0.3) is 5.69 Å². The highest BCUT2D eigenvalue weighted by Crippen LogP contribution is 2.11. The van der Waals surface area contributed by atoms with Gasteiger partial charge in [-0.3, -0.25) is 4.79 Å². The maximum absolute atomic E-state index is 12.2. The standard InChI is InChI=1S/C16H14N4O3S/c1-12-7-9-14(10-8-12)24(22,23)19-16(21)15-11-17-20(18-15)13-5-3-2-4-6-13/h2-11H,1H3,(H,19,21). The van der Waals surface area contributed by atoms with E-state index < -0.39 is 15.9 Å². The van der Waals surface area contributed by atoms with E-state index in [1.807, 2.05) is 17.7 Å². The van der Waals surface area contributed by atoms with Crippen LogP contribution in [0, 0.1) is 6.92 Å². The topological polar surface area (TPSA) is 94.0 Å². The maximum Gasteiger partial charge on any atom is 0.287 e. The number of para-hydroxylation sites is 1. The van der Waals surface area contributed by atoms with Gasteiger partial charge in [0.05, 0.1) is 16.8 Å². The molecule has 0 unspecified atom stereocenters. The Morgan fingerprint density at radius 1 is 1.04 bits per heavy atom. The van der Waals surface area contributed by atoms with Gasteiger partial charge in [-0.15, -0.1) is 5.10 Å². The summed E-state index contributed by atoms with van der Waals surface area (Å²) in [6.07, 6.45) is 1.22. The number of aromatic nitrogens is 3. The zero-order chi connectivity index (χ0) is 17.2. The predicted molar refractivity (Wildman–Crippen MR) is 87.2 cm³/mol. The Morgan fingerprint density at radius 2 is 1.71 bits per heavy atom. The molecule has 3 rings (SSSR count). The zero-order valence-electron chi connectivity index (χ0n) is 12.7. The molecular weight excluding hydrogens is 328 g/mol. The Hall–Kier alpha value is -3.00. The maximum atomic E-state index is 12.2. The molecule has 0 radical (unpaired) electrons. The van der Waals surface area contributed by atoms with Crippen LogP contribution in [0.4, 0.5) is 0 Å².